The Morgan fingerprint density at radius 1 is 1.36 bits per heavy atom. The first-order chi connectivity index (χ1) is 12.1. The molecule has 0 spiro atoms. The molecule has 1 N–H and O–H groups in total. The zero-order valence-electron chi connectivity index (χ0n) is 14.5. The van der Waals surface area contributed by atoms with Crippen LogP contribution in [0.15, 0.2) is 29.3 Å². The van der Waals surface area contributed by atoms with E-state index >= 15 is 0 Å². The van der Waals surface area contributed by atoms with Crippen LogP contribution in [0.4, 0.5) is 0 Å². The van der Waals surface area contributed by atoms with Crippen LogP contribution in [-0.4, -0.2) is 55.6 Å². The highest BCUT2D eigenvalue weighted by molar-refractivity contribution is 6.08. The van der Waals surface area contributed by atoms with Crippen LogP contribution in [0, 0.1) is 12.8 Å². The molecule has 0 radical (unpaired) electrons. The van der Waals surface area contributed by atoms with E-state index in [-0.39, 0.29) is 12.5 Å². The van der Waals surface area contributed by atoms with Crippen molar-refractivity contribution in [1.29, 1.82) is 0 Å². The fraction of sp³-hybridized carbons (Fsp3) is 0.500. The average molecular weight is 345 g/mol. The van der Waals surface area contributed by atoms with Gasteiger partial charge in [0.2, 0.25) is 11.9 Å². The molecule has 0 aliphatic carbocycles. The van der Waals surface area contributed by atoms with Crippen molar-refractivity contribution in [2.75, 3.05) is 32.9 Å². The van der Waals surface area contributed by atoms with Crippen LogP contribution in [0.3, 0.4) is 0 Å². The Morgan fingerprint density at radius 2 is 2.08 bits per heavy atom. The monoisotopic (exact) mass is 345 g/mol. The number of guanidine groups is 1. The van der Waals surface area contributed by atoms with Crippen LogP contribution in [0.1, 0.15) is 24.1 Å². The number of esters is 1. The van der Waals surface area contributed by atoms with Crippen LogP contribution in [0.2, 0.25) is 0 Å². The van der Waals surface area contributed by atoms with E-state index < -0.39 is 17.9 Å². The lowest BCUT2D eigenvalue weighted by Crippen LogP contribution is -2.55. The van der Waals surface area contributed by atoms with Gasteiger partial charge in [0.25, 0.3) is 0 Å². The number of benzene rings is 1. The summed E-state index contributed by atoms with van der Waals surface area (Å²) in [4.78, 5) is 31.8. The molecule has 0 saturated carbocycles. The lowest BCUT2D eigenvalue weighted by Gasteiger charge is -2.35. The molecule has 3 rings (SSSR count). The van der Waals surface area contributed by atoms with Gasteiger partial charge in [-0.1, -0.05) is 24.3 Å². The van der Waals surface area contributed by atoms with Crippen molar-refractivity contribution in [2.24, 2.45) is 10.9 Å². The van der Waals surface area contributed by atoms with Crippen molar-refractivity contribution in [1.82, 2.24) is 10.2 Å². The molecule has 1 fully saturated rings. The van der Waals surface area contributed by atoms with Crippen LogP contribution in [0.25, 0.3) is 0 Å². The molecule has 2 aliphatic heterocycles. The van der Waals surface area contributed by atoms with Crippen LogP contribution in [0.5, 0.6) is 0 Å². The van der Waals surface area contributed by atoms with Crippen LogP contribution >= 0.6 is 0 Å². The second-order valence-corrected chi connectivity index (χ2v) is 6.07. The maximum atomic E-state index is 12.7. The molecule has 25 heavy (non-hydrogen) atoms. The van der Waals surface area contributed by atoms with E-state index in [4.69, 9.17) is 14.5 Å². The van der Waals surface area contributed by atoms with Crippen molar-refractivity contribution in [3.8, 4) is 0 Å². The van der Waals surface area contributed by atoms with Crippen molar-refractivity contribution < 1.29 is 19.1 Å². The lowest BCUT2D eigenvalue weighted by molar-refractivity contribution is -0.153. The predicted octanol–water partition coefficient (Wildman–Crippen LogP) is 1.03. The topological polar surface area (TPSA) is 80.2 Å². The number of morpholine rings is 1. The van der Waals surface area contributed by atoms with E-state index in [2.05, 4.69) is 5.32 Å². The molecule has 1 aromatic rings. The number of ether oxygens (including phenoxy) is 2. The zero-order chi connectivity index (χ0) is 17.8. The van der Waals surface area contributed by atoms with Crippen LogP contribution in [-0.2, 0) is 19.1 Å². The second-order valence-electron chi connectivity index (χ2n) is 6.07. The van der Waals surface area contributed by atoms with E-state index in [0.717, 1.165) is 11.1 Å². The highest BCUT2D eigenvalue weighted by Crippen LogP contribution is 2.32. The number of amides is 1. The third-order valence-corrected chi connectivity index (χ3v) is 4.45. The zero-order valence-corrected chi connectivity index (χ0v) is 14.5. The molecule has 0 bridgehead atoms. The number of carbonyl (C=O) groups excluding carboxylic acids is 2. The van der Waals surface area contributed by atoms with Crippen molar-refractivity contribution in [3.63, 3.8) is 0 Å². The molecule has 1 saturated heterocycles. The Morgan fingerprint density at radius 3 is 2.76 bits per heavy atom. The van der Waals surface area contributed by atoms with Gasteiger partial charge in [-0.15, -0.1) is 0 Å². The molecular formula is C18H23N3O4. The number of carbonyl (C=O) groups is 2. The molecular weight excluding hydrogens is 322 g/mol. The fourth-order valence-corrected chi connectivity index (χ4v) is 3.14. The summed E-state index contributed by atoms with van der Waals surface area (Å²) >= 11 is 0. The normalized spacial score (nSPS) is 23.7. The maximum Gasteiger partial charge on any atom is 0.321 e. The Bertz CT molecular complexity index is 683. The SMILES string of the molecule is CCOC(=O)C1C(=O)NC(N2CCOCC2)=NC1c1ccccc1C. The van der Waals surface area contributed by atoms with Gasteiger partial charge in [-0.05, 0) is 25.0 Å². The number of aliphatic imine (C=N–C) groups is 1. The lowest BCUT2D eigenvalue weighted by atomic mass is 9.89. The van der Waals surface area contributed by atoms with Gasteiger partial charge in [-0.3, -0.25) is 14.9 Å². The third kappa shape index (κ3) is 3.66. The first-order valence-electron chi connectivity index (χ1n) is 8.55. The van der Waals surface area contributed by atoms with Gasteiger partial charge in [0.05, 0.1) is 19.8 Å². The van der Waals surface area contributed by atoms with E-state index in [9.17, 15) is 9.59 Å². The smallest absolute Gasteiger partial charge is 0.321 e. The Hall–Kier alpha value is -2.41. The minimum absolute atomic E-state index is 0.225. The van der Waals surface area contributed by atoms with E-state index in [0.29, 0.717) is 32.3 Å². The summed E-state index contributed by atoms with van der Waals surface area (Å²) in [6.07, 6.45) is 0. The summed E-state index contributed by atoms with van der Waals surface area (Å²) in [6.45, 7) is 6.39. The average Bonchev–Trinajstić information content (AvgIpc) is 2.62. The second kappa shape index (κ2) is 7.65. The van der Waals surface area contributed by atoms with E-state index in [1.165, 1.54) is 0 Å². The third-order valence-electron chi connectivity index (χ3n) is 4.45. The molecule has 134 valence electrons. The number of rotatable bonds is 3. The predicted molar refractivity (Wildman–Crippen MR) is 92.0 cm³/mol. The largest absolute Gasteiger partial charge is 0.465 e. The summed E-state index contributed by atoms with van der Waals surface area (Å²) in [5, 5.41) is 2.78. The molecule has 2 heterocycles. The molecule has 7 heteroatoms. The first kappa shape index (κ1) is 17.4. The fourth-order valence-electron chi connectivity index (χ4n) is 3.14. The van der Waals surface area contributed by atoms with Gasteiger partial charge in [-0.2, -0.15) is 0 Å². The number of nitrogens with one attached hydrogen (secondary N) is 1. The van der Waals surface area contributed by atoms with Gasteiger partial charge in [0.1, 0.15) is 6.04 Å². The summed E-state index contributed by atoms with van der Waals surface area (Å²) in [7, 11) is 0. The molecule has 2 aliphatic rings. The van der Waals surface area contributed by atoms with E-state index in [1.54, 1.807) is 6.92 Å². The first-order valence-corrected chi connectivity index (χ1v) is 8.55. The summed E-state index contributed by atoms with van der Waals surface area (Å²) in [5.74, 6) is -1.39. The van der Waals surface area contributed by atoms with E-state index in [1.807, 2.05) is 36.1 Å². The highest BCUT2D eigenvalue weighted by Gasteiger charge is 2.42. The number of nitrogens with zero attached hydrogens (tertiary/aromatic N) is 2. The molecule has 2 unspecified atom stereocenters. The quantitative estimate of drug-likeness (QED) is 0.654. The van der Waals surface area contributed by atoms with Crippen molar-refractivity contribution in [2.45, 2.75) is 19.9 Å². The van der Waals surface area contributed by atoms with Gasteiger partial charge < -0.3 is 14.4 Å². The summed E-state index contributed by atoms with van der Waals surface area (Å²) in [5.41, 5.74) is 1.85. The van der Waals surface area contributed by atoms with Gasteiger partial charge in [0, 0.05) is 13.1 Å². The van der Waals surface area contributed by atoms with Gasteiger partial charge >= 0.3 is 5.97 Å². The molecule has 7 nitrogen and oxygen atoms in total. The Labute approximate surface area is 147 Å². The molecule has 0 aromatic heterocycles. The van der Waals surface area contributed by atoms with Gasteiger partial charge in [-0.25, -0.2) is 4.99 Å². The minimum atomic E-state index is -0.981. The maximum absolute atomic E-state index is 12.7. The number of aryl methyl sites for hydroxylation is 1. The summed E-state index contributed by atoms with van der Waals surface area (Å²) in [6, 6.07) is 7.08. The highest BCUT2D eigenvalue weighted by atomic mass is 16.5. The number of hydrogen-bond donors (Lipinski definition) is 1. The number of hydrogen-bond acceptors (Lipinski definition) is 6. The van der Waals surface area contributed by atoms with Crippen molar-refractivity contribution >= 4 is 17.8 Å². The molecule has 1 aromatic carbocycles. The van der Waals surface area contributed by atoms with Crippen LogP contribution < -0.4 is 5.32 Å². The standard InChI is InChI=1S/C18H23N3O4/c1-3-25-17(23)14-15(13-7-5-4-6-12(13)2)19-18(20-16(14)22)21-8-10-24-11-9-21/h4-7,14-15H,3,8-11H2,1-2H3,(H,19,20,22). The minimum Gasteiger partial charge on any atom is -0.465 e. The molecule has 1 amide bonds. The molecule has 2 atom stereocenters. The summed E-state index contributed by atoms with van der Waals surface area (Å²) < 4.78 is 10.5. The van der Waals surface area contributed by atoms with Crippen molar-refractivity contribution in [3.05, 3.63) is 35.4 Å². The van der Waals surface area contributed by atoms with Gasteiger partial charge in [0.15, 0.2) is 5.92 Å². The Balaban J connectivity index is 1.99. The Kier molecular flexibility index (Phi) is 5.33.